The van der Waals surface area contributed by atoms with E-state index in [1.807, 2.05) is 6.07 Å². The Labute approximate surface area is 164 Å². The highest BCUT2D eigenvalue weighted by molar-refractivity contribution is 6.05. The van der Waals surface area contributed by atoms with Crippen LogP contribution >= 0.6 is 0 Å². The Bertz CT molecular complexity index is 1280. The van der Waals surface area contributed by atoms with Gasteiger partial charge in [-0.15, -0.1) is 0 Å². The molecule has 0 atom stereocenters. The van der Waals surface area contributed by atoms with E-state index in [1.165, 1.54) is 47.7 Å². The third kappa shape index (κ3) is 2.02. The second-order valence-corrected chi connectivity index (χ2v) is 8.46. The maximum Gasteiger partial charge on any atom is 0.228 e. The summed E-state index contributed by atoms with van der Waals surface area (Å²) < 4.78 is 14.7. The van der Waals surface area contributed by atoms with Gasteiger partial charge in [-0.05, 0) is 55.7 Å². The maximum absolute atomic E-state index is 6.64. The number of hydrogen-bond donors (Lipinski definition) is 0. The van der Waals surface area contributed by atoms with Gasteiger partial charge in [-0.25, -0.2) is 4.57 Å². The number of furan rings is 1. The molecule has 6 rings (SSSR count). The first-order valence-corrected chi connectivity index (χ1v) is 10.3. The van der Waals surface area contributed by atoms with Crippen LogP contribution in [0, 0.1) is 13.8 Å². The zero-order valence-corrected chi connectivity index (χ0v) is 16.6. The molecule has 28 heavy (non-hydrogen) atoms. The molecule has 0 unspecified atom stereocenters. The van der Waals surface area contributed by atoms with Gasteiger partial charge in [0.05, 0.1) is 17.2 Å². The number of nitrogens with zero attached hydrogens (tertiary/aromatic N) is 1. The molecule has 1 fully saturated rings. The molecule has 0 amide bonds. The Morgan fingerprint density at radius 2 is 1.86 bits per heavy atom. The summed E-state index contributed by atoms with van der Waals surface area (Å²) in [7, 11) is 2.12. The topological polar surface area (TPSA) is 26.2 Å². The Morgan fingerprint density at radius 1 is 1.04 bits per heavy atom. The van der Waals surface area contributed by atoms with Crippen molar-refractivity contribution in [3.05, 3.63) is 53.4 Å². The summed E-state index contributed by atoms with van der Waals surface area (Å²) in [4.78, 5) is 0. The van der Waals surface area contributed by atoms with Crippen molar-refractivity contribution in [2.45, 2.75) is 45.4 Å². The molecule has 1 saturated carbocycles. The molecule has 2 aromatic heterocycles. The molecular weight excluding hydrogens is 346 g/mol. The number of pyridine rings is 1. The molecule has 2 aromatic carbocycles. The maximum atomic E-state index is 6.64. The fourth-order valence-corrected chi connectivity index (χ4v) is 5.38. The Hall–Kier alpha value is -2.81. The van der Waals surface area contributed by atoms with Crippen LogP contribution in [0.4, 0.5) is 0 Å². The number of aromatic nitrogens is 1. The minimum Gasteiger partial charge on any atom is -0.464 e. The van der Waals surface area contributed by atoms with Gasteiger partial charge in [-0.3, -0.25) is 0 Å². The van der Waals surface area contributed by atoms with Crippen LogP contribution in [-0.2, 0) is 7.05 Å². The monoisotopic (exact) mass is 370 g/mol. The summed E-state index contributed by atoms with van der Waals surface area (Å²) in [6.07, 6.45) is 9.23. The highest BCUT2D eigenvalue weighted by Crippen LogP contribution is 2.51. The van der Waals surface area contributed by atoms with Gasteiger partial charge in [0.15, 0.2) is 6.20 Å². The van der Waals surface area contributed by atoms with Crippen LogP contribution in [0.5, 0.6) is 11.5 Å². The van der Waals surface area contributed by atoms with Crippen LogP contribution < -0.4 is 9.30 Å². The molecule has 3 heteroatoms. The summed E-state index contributed by atoms with van der Waals surface area (Å²) in [5, 5.41) is 3.63. The van der Waals surface area contributed by atoms with Gasteiger partial charge in [0.25, 0.3) is 0 Å². The second kappa shape index (κ2) is 5.60. The van der Waals surface area contributed by atoms with Gasteiger partial charge >= 0.3 is 0 Å². The summed E-state index contributed by atoms with van der Waals surface area (Å²) in [5.41, 5.74) is 7.08. The van der Waals surface area contributed by atoms with Crippen molar-refractivity contribution in [3.8, 4) is 22.8 Å². The molecule has 1 aliphatic carbocycles. The lowest BCUT2D eigenvalue weighted by Gasteiger charge is -2.24. The molecule has 0 bridgehead atoms. The van der Waals surface area contributed by atoms with E-state index in [9.17, 15) is 0 Å². The molecule has 3 nitrogen and oxygen atoms in total. The first kappa shape index (κ1) is 16.2. The van der Waals surface area contributed by atoms with Crippen molar-refractivity contribution in [1.29, 1.82) is 0 Å². The molecule has 0 radical (unpaired) electrons. The molecular formula is C25H24NO2+. The van der Waals surface area contributed by atoms with Crippen molar-refractivity contribution in [3.63, 3.8) is 0 Å². The Kier molecular flexibility index (Phi) is 3.24. The quantitative estimate of drug-likeness (QED) is 0.317. The number of hydrogen-bond acceptors (Lipinski definition) is 2. The van der Waals surface area contributed by atoms with Gasteiger partial charge in [0.1, 0.15) is 24.1 Å². The minimum atomic E-state index is 0.669. The van der Waals surface area contributed by atoms with Crippen molar-refractivity contribution >= 4 is 21.7 Å². The lowest BCUT2D eigenvalue weighted by atomic mass is 9.89. The van der Waals surface area contributed by atoms with E-state index in [-0.39, 0.29) is 0 Å². The van der Waals surface area contributed by atoms with Crippen molar-refractivity contribution < 1.29 is 13.7 Å². The largest absolute Gasteiger partial charge is 0.464 e. The lowest BCUT2D eigenvalue weighted by Crippen LogP contribution is -2.32. The molecule has 0 N–H and O–H groups in total. The minimum absolute atomic E-state index is 0.669. The molecule has 1 aliphatic heterocycles. The van der Waals surface area contributed by atoms with Crippen molar-refractivity contribution in [2.75, 3.05) is 0 Å². The summed E-state index contributed by atoms with van der Waals surface area (Å²) in [5.74, 6) is 2.65. The summed E-state index contributed by atoms with van der Waals surface area (Å²) in [6.45, 7) is 4.28. The van der Waals surface area contributed by atoms with Gasteiger partial charge in [-0.2, -0.15) is 0 Å². The highest BCUT2D eigenvalue weighted by Gasteiger charge is 2.33. The third-order valence-electron chi connectivity index (χ3n) is 6.85. The number of rotatable bonds is 1. The molecule has 2 aliphatic rings. The van der Waals surface area contributed by atoms with Crippen LogP contribution in [0.3, 0.4) is 0 Å². The van der Waals surface area contributed by atoms with Gasteiger partial charge in [0, 0.05) is 22.6 Å². The van der Waals surface area contributed by atoms with Crippen molar-refractivity contribution in [2.24, 2.45) is 7.05 Å². The summed E-state index contributed by atoms with van der Waals surface area (Å²) in [6, 6.07) is 8.97. The fraction of sp³-hybridized carbons (Fsp3) is 0.320. The average Bonchev–Trinajstić information content (AvgIpc) is 3.40. The zero-order valence-electron chi connectivity index (χ0n) is 16.6. The molecule has 4 aromatic rings. The van der Waals surface area contributed by atoms with E-state index in [0.717, 1.165) is 39.2 Å². The normalized spacial score (nSPS) is 16.0. The number of aryl methyl sites for hydroxylation is 3. The van der Waals surface area contributed by atoms with E-state index < -0.39 is 0 Å². The van der Waals surface area contributed by atoms with E-state index in [1.54, 1.807) is 6.26 Å². The van der Waals surface area contributed by atoms with Crippen LogP contribution in [0.25, 0.3) is 33.0 Å². The van der Waals surface area contributed by atoms with Crippen molar-refractivity contribution in [1.82, 2.24) is 0 Å². The van der Waals surface area contributed by atoms with E-state index in [2.05, 4.69) is 49.9 Å². The smallest absolute Gasteiger partial charge is 0.228 e. The Balaban J connectivity index is 1.72. The predicted octanol–water partition coefficient (Wildman–Crippen LogP) is 6.46. The van der Waals surface area contributed by atoms with Crippen LogP contribution in [-0.4, -0.2) is 0 Å². The SMILES string of the molecule is Cc1c2c(c(C)c3occc13)-c1c3c(cc(C4CCCC4)cc3cc[n+]1C)O2. The average molecular weight is 370 g/mol. The second-order valence-electron chi connectivity index (χ2n) is 8.46. The summed E-state index contributed by atoms with van der Waals surface area (Å²) >= 11 is 0. The molecule has 140 valence electrons. The number of ether oxygens (including phenoxy) is 1. The van der Waals surface area contributed by atoms with Crippen LogP contribution in [0.2, 0.25) is 0 Å². The first-order valence-electron chi connectivity index (χ1n) is 10.3. The molecule has 0 spiro atoms. The van der Waals surface area contributed by atoms with E-state index in [0.29, 0.717) is 5.92 Å². The van der Waals surface area contributed by atoms with Crippen LogP contribution in [0.1, 0.15) is 48.3 Å². The standard InChI is InChI=1S/C25H24NO2/c1-14-19-9-11-27-24(19)15(2)21-23-22-17(8-10-26(23)3)12-18(16-6-4-5-7-16)13-20(22)28-25(14)21/h8-13,16H,4-7H2,1-3H3/q+1. The molecule has 0 saturated heterocycles. The third-order valence-corrected chi connectivity index (χ3v) is 6.85. The highest BCUT2D eigenvalue weighted by atomic mass is 16.5. The predicted molar refractivity (Wildman–Crippen MR) is 111 cm³/mol. The van der Waals surface area contributed by atoms with Gasteiger partial charge in [-0.1, -0.05) is 18.9 Å². The molecule has 3 heterocycles. The first-order chi connectivity index (χ1) is 13.6. The number of fused-ring (bicyclic) bond motifs is 3. The Morgan fingerprint density at radius 3 is 2.68 bits per heavy atom. The zero-order chi connectivity index (χ0) is 19.0. The fourth-order valence-electron chi connectivity index (χ4n) is 5.38. The van der Waals surface area contributed by atoms with Gasteiger partial charge in [0.2, 0.25) is 5.69 Å². The van der Waals surface area contributed by atoms with E-state index >= 15 is 0 Å². The van der Waals surface area contributed by atoms with E-state index in [4.69, 9.17) is 9.15 Å². The van der Waals surface area contributed by atoms with Gasteiger partial charge < -0.3 is 9.15 Å². The number of benzene rings is 2. The van der Waals surface area contributed by atoms with Crippen LogP contribution in [0.15, 0.2) is 41.1 Å². The lowest BCUT2D eigenvalue weighted by molar-refractivity contribution is -0.659.